The van der Waals surface area contributed by atoms with Gasteiger partial charge >= 0.3 is 0 Å². The molecule has 1 aliphatic rings. The molecule has 1 atom stereocenters. The highest BCUT2D eigenvalue weighted by Gasteiger charge is 2.16. The summed E-state index contributed by atoms with van der Waals surface area (Å²) in [5.74, 6) is 0.807. The number of rotatable bonds is 6. The molecule has 4 heteroatoms. The summed E-state index contributed by atoms with van der Waals surface area (Å²) in [7, 11) is 0. The quantitative estimate of drug-likeness (QED) is 0.819. The van der Waals surface area contributed by atoms with Gasteiger partial charge in [0.1, 0.15) is 17.3 Å². The topological polar surface area (TPSA) is 30.5 Å². The average molecular weight is 327 g/mol. The molecular weight excluding hydrogens is 306 g/mol. The zero-order chi connectivity index (χ0) is 15.9. The Morgan fingerprint density at radius 3 is 2.70 bits per heavy atom. The van der Waals surface area contributed by atoms with Gasteiger partial charge in [-0.15, -0.1) is 0 Å². The second-order valence-electron chi connectivity index (χ2n) is 5.62. The van der Waals surface area contributed by atoms with Gasteiger partial charge in [0.25, 0.3) is 0 Å². The molecule has 0 unspecified atom stereocenters. The molecule has 0 radical (unpaired) electrons. The van der Waals surface area contributed by atoms with Crippen LogP contribution in [-0.2, 0) is 11.3 Å². The van der Waals surface area contributed by atoms with Crippen molar-refractivity contribution in [2.24, 2.45) is 0 Å². The van der Waals surface area contributed by atoms with E-state index in [1.165, 1.54) is 0 Å². The molecule has 120 valence electrons. The Kier molecular flexibility index (Phi) is 5.61. The lowest BCUT2D eigenvalue weighted by molar-refractivity contribution is 0.114. The summed E-state index contributed by atoms with van der Waals surface area (Å²) in [6, 6.07) is 18.0. The fourth-order valence-electron chi connectivity index (χ4n) is 2.62. The first-order valence-electron chi connectivity index (χ1n) is 7.98. The first-order chi connectivity index (χ1) is 11.3. The van der Waals surface area contributed by atoms with Gasteiger partial charge in [0.15, 0.2) is 0 Å². The first-order valence-corrected chi connectivity index (χ1v) is 8.39. The molecule has 0 bridgehead atoms. The number of thiocarbonyl (C=S) groups is 1. The summed E-state index contributed by atoms with van der Waals surface area (Å²) in [4.78, 5) is 0.712. The molecule has 0 aliphatic carbocycles. The van der Waals surface area contributed by atoms with Crippen LogP contribution in [0.3, 0.4) is 0 Å². The number of hydrogen-bond donors (Lipinski definition) is 1. The highest BCUT2D eigenvalue weighted by molar-refractivity contribution is 7.80. The third-order valence-electron chi connectivity index (χ3n) is 3.88. The van der Waals surface area contributed by atoms with Crippen molar-refractivity contribution in [2.45, 2.75) is 25.6 Å². The smallest absolute Gasteiger partial charge is 0.129 e. The lowest BCUT2D eigenvalue weighted by Gasteiger charge is -2.16. The minimum atomic E-state index is 0.269. The highest BCUT2D eigenvalue weighted by Crippen LogP contribution is 2.20. The number of nitrogens with one attached hydrogen (secondary N) is 1. The third-order valence-corrected chi connectivity index (χ3v) is 4.25. The normalized spacial score (nSPS) is 17.0. The average Bonchev–Trinajstić information content (AvgIpc) is 3.12. The Morgan fingerprint density at radius 1 is 1.13 bits per heavy atom. The summed E-state index contributed by atoms with van der Waals surface area (Å²) in [6.07, 6.45) is 2.50. The molecule has 0 aromatic heterocycles. The van der Waals surface area contributed by atoms with Gasteiger partial charge in [0, 0.05) is 13.2 Å². The van der Waals surface area contributed by atoms with E-state index in [0.717, 1.165) is 42.9 Å². The molecule has 23 heavy (non-hydrogen) atoms. The largest absolute Gasteiger partial charge is 0.488 e. The van der Waals surface area contributed by atoms with Crippen molar-refractivity contribution in [1.82, 2.24) is 5.32 Å². The van der Waals surface area contributed by atoms with Gasteiger partial charge in [-0.2, -0.15) is 0 Å². The van der Waals surface area contributed by atoms with E-state index < -0.39 is 0 Å². The monoisotopic (exact) mass is 327 g/mol. The number of benzene rings is 2. The highest BCUT2D eigenvalue weighted by atomic mass is 32.1. The fourth-order valence-corrected chi connectivity index (χ4v) is 2.87. The Balaban J connectivity index is 1.61. The maximum Gasteiger partial charge on any atom is 0.129 e. The van der Waals surface area contributed by atoms with Crippen molar-refractivity contribution in [1.29, 1.82) is 0 Å². The zero-order valence-electron chi connectivity index (χ0n) is 13.0. The molecular formula is C19H21NO2S. The lowest BCUT2D eigenvalue weighted by Crippen LogP contribution is -2.31. The summed E-state index contributed by atoms with van der Waals surface area (Å²) in [5, 5.41) is 3.31. The van der Waals surface area contributed by atoms with Gasteiger partial charge in [-0.3, -0.25) is 0 Å². The predicted molar refractivity (Wildman–Crippen MR) is 95.9 cm³/mol. The SMILES string of the molecule is S=C(NC[C@H]1CCCO1)c1ccccc1OCc1ccccc1. The van der Waals surface area contributed by atoms with E-state index in [1.54, 1.807) is 0 Å². The van der Waals surface area contributed by atoms with Crippen LogP contribution < -0.4 is 10.1 Å². The molecule has 1 saturated heterocycles. The van der Waals surface area contributed by atoms with Crippen LogP contribution in [0.25, 0.3) is 0 Å². The summed E-state index contributed by atoms with van der Waals surface area (Å²) >= 11 is 5.53. The van der Waals surface area contributed by atoms with E-state index in [-0.39, 0.29) is 6.10 Å². The van der Waals surface area contributed by atoms with E-state index in [9.17, 15) is 0 Å². The minimum Gasteiger partial charge on any atom is -0.488 e. The van der Waals surface area contributed by atoms with Gasteiger partial charge in [-0.1, -0.05) is 54.7 Å². The van der Waals surface area contributed by atoms with Gasteiger partial charge in [-0.05, 0) is 30.5 Å². The second kappa shape index (κ2) is 8.09. The molecule has 1 aliphatic heterocycles. The maximum atomic E-state index is 5.96. The van der Waals surface area contributed by atoms with E-state index in [0.29, 0.717) is 11.6 Å². The molecule has 0 amide bonds. The molecule has 1 fully saturated rings. The van der Waals surface area contributed by atoms with Crippen LogP contribution in [0.2, 0.25) is 0 Å². The summed E-state index contributed by atoms with van der Waals surface area (Å²) < 4.78 is 11.6. The first kappa shape index (κ1) is 16.0. The van der Waals surface area contributed by atoms with Crippen molar-refractivity contribution in [3.63, 3.8) is 0 Å². The van der Waals surface area contributed by atoms with Gasteiger partial charge in [0.05, 0.1) is 11.7 Å². The maximum absolute atomic E-state index is 5.96. The van der Waals surface area contributed by atoms with Crippen molar-refractivity contribution in [2.75, 3.05) is 13.2 Å². The lowest BCUT2D eigenvalue weighted by atomic mass is 10.2. The van der Waals surface area contributed by atoms with Crippen LogP contribution >= 0.6 is 12.2 Å². The van der Waals surface area contributed by atoms with Gasteiger partial charge in [-0.25, -0.2) is 0 Å². The predicted octanol–water partition coefficient (Wildman–Crippen LogP) is 3.71. The van der Waals surface area contributed by atoms with Crippen molar-refractivity contribution in [3.05, 3.63) is 65.7 Å². The van der Waals surface area contributed by atoms with Gasteiger partial charge < -0.3 is 14.8 Å². The molecule has 0 saturated carbocycles. The van der Waals surface area contributed by atoms with Crippen molar-refractivity contribution in [3.8, 4) is 5.75 Å². The third kappa shape index (κ3) is 4.53. The molecule has 3 nitrogen and oxygen atoms in total. The van der Waals surface area contributed by atoms with Crippen LogP contribution in [0.15, 0.2) is 54.6 Å². The molecule has 2 aromatic rings. The van der Waals surface area contributed by atoms with E-state index in [4.69, 9.17) is 21.7 Å². The van der Waals surface area contributed by atoms with Crippen molar-refractivity contribution < 1.29 is 9.47 Å². The number of hydrogen-bond acceptors (Lipinski definition) is 3. The molecule has 2 aromatic carbocycles. The number of ether oxygens (including phenoxy) is 2. The molecule has 3 rings (SSSR count). The zero-order valence-corrected chi connectivity index (χ0v) is 13.9. The summed E-state index contributed by atoms with van der Waals surface area (Å²) in [5.41, 5.74) is 2.07. The minimum absolute atomic E-state index is 0.269. The number of para-hydroxylation sites is 1. The van der Waals surface area contributed by atoms with E-state index in [2.05, 4.69) is 17.4 Å². The Labute approximate surface area is 142 Å². The molecule has 1 heterocycles. The standard InChI is InChI=1S/C19H21NO2S/c23-19(20-13-16-9-6-12-21-16)17-10-4-5-11-18(17)22-14-15-7-2-1-3-8-15/h1-5,7-8,10-11,16H,6,9,12-14H2,(H,20,23)/t16-/m1/s1. The van der Waals surface area contributed by atoms with Crippen LogP contribution in [0, 0.1) is 0 Å². The van der Waals surface area contributed by atoms with Crippen molar-refractivity contribution >= 4 is 17.2 Å². The fraction of sp³-hybridized carbons (Fsp3) is 0.316. The Morgan fingerprint density at radius 2 is 1.91 bits per heavy atom. The van der Waals surface area contributed by atoms with Gasteiger partial charge in [0.2, 0.25) is 0 Å². The Bertz CT molecular complexity index is 639. The second-order valence-corrected chi connectivity index (χ2v) is 6.02. The van der Waals surface area contributed by atoms with E-state index >= 15 is 0 Å². The summed E-state index contributed by atoms with van der Waals surface area (Å²) in [6.45, 7) is 2.15. The molecule has 0 spiro atoms. The van der Waals surface area contributed by atoms with Crippen LogP contribution in [0.1, 0.15) is 24.0 Å². The van der Waals surface area contributed by atoms with Crippen LogP contribution in [0.4, 0.5) is 0 Å². The molecule has 1 N–H and O–H groups in total. The van der Waals surface area contributed by atoms with Crippen LogP contribution in [-0.4, -0.2) is 24.2 Å². The Hall–Kier alpha value is -1.91. The van der Waals surface area contributed by atoms with E-state index in [1.807, 2.05) is 42.5 Å². The van der Waals surface area contributed by atoms with Crippen LogP contribution in [0.5, 0.6) is 5.75 Å².